The summed E-state index contributed by atoms with van der Waals surface area (Å²) >= 11 is 0. The van der Waals surface area contributed by atoms with Crippen molar-refractivity contribution in [1.29, 1.82) is 0 Å². The summed E-state index contributed by atoms with van der Waals surface area (Å²) in [6.45, 7) is 0.258. The van der Waals surface area contributed by atoms with Gasteiger partial charge in [-0.05, 0) is 31.6 Å². The molecule has 0 aromatic carbocycles. The first-order valence-electron chi connectivity index (χ1n) is 5.12. The Kier molecular flexibility index (Phi) is 4.76. The molecule has 0 aromatic rings. The molecule has 1 aliphatic rings. The second-order valence-corrected chi connectivity index (χ2v) is 3.69. The second kappa shape index (κ2) is 5.92. The van der Waals surface area contributed by atoms with Gasteiger partial charge >= 0.3 is 0 Å². The predicted molar refractivity (Wildman–Crippen MR) is 52.4 cm³/mol. The zero-order valence-corrected chi connectivity index (χ0v) is 8.04. The molecule has 74 valence electrons. The Balaban J connectivity index is 2.19. The zero-order chi connectivity index (χ0) is 9.52. The molecule has 1 saturated carbocycles. The average Bonchev–Trinajstić information content (AvgIpc) is 2.13. The van der Waals surface area contributed by atoms with Gasteiger partial charge in [-0.1, -0.05) is 12.2 Å². The van der Waals surface area contributed by atoms with Crippen LogP contribution in [0.4, 0.5) is 0 Å². The summed E-state index contributed by atoms with van der Waals surface area (Å²) in [6, 6.07) is 0. The normalized spacial score (nSPS) is 24.1. The van der Waals surface area contributed by atoms with Gasteiger partial charge in [-0.2, -0.15) is 0 Å². The van der Waals surface area contributed by atoms with E-state index < -0.39 is 0 Å². The number of aliphatic hydroxyl groups excluding tert-OH is 1. The van der Waals surface area contributed by atoms with Crippen LogP contribution in [0.5, 0.6) is 0 Å². The van der Waals surface area contributed by atoms with Gasteiger partial charge < -0.3 is 5.11 Å². The van der Waals surface area contributed by atoms with Gasteiger partial charge in [0, 0.05) is 19.4 Å². The minimum atomic E-state index is 0.258. The van der Waals surface area contributed by atoms with Crippen LogP contribution < -0.4 is 0 Å². The van der Waals surface area contributed by atoms with Crippen LogP contribution in [-0.2, 0) is 4.79 Å². The number of Topliss-reactive ketones (excluding diaryl/α,β-unsaturated/α-hetero) is 1. The smallest absolute Gasteiger partial charge is 0.133 e. The van der Waals surface area contributed by atoms with Crippen molar-refractivity contribution in [3.8, 4) is 0 Å². The number of unbranched alkanes of at least 4 members (excludes halogenated alkanes) is 1. The van der Waals surface area contributed by atoms with E-state index in [0.717, 1.165) is 38.5 Å². The highest BCUT2D eigenvalue weighted by Crippen LogP contribution is 2.22. The minimum Gasteiger partial charge on any atom is -0.396 e. The van der Waals surface area contributed by atoms with Crippen LogP contribution in [0.15, 0.2) is 12.2 Å². The largest absolute Gasteiger partial charge is 0.396 e. The molecule has 0 radical (unpaired) electrons. The fraction of sp³-hybridized carbons (Fsp3) is 0.727. The fourth-order valence-corrected chi connectivity index (χ4v) is 1.72. The molecule has 13 heavy (non-hydrogen) atoms. The first kappa shape index (κ1) is 10.5. The molecular weight excluding hydrogens is 164 g/mol. The third kappa shape index (κ3) is 4.23. The molecule has 0 heterocycles. The lowest BCUT2D eigenvalue weighted by Crippen LogP contribution is -2.12. The number of hydrogen-bond acceptors (Lipinski definition) is 2. The van der Waals surface area contributed by atoms with Crippen molar-refractivity contribution in [2.24, 2.45) is 5.92 Å². The molecule has 0 aromatic heterocycles. The van der Waals surface area contributed by atoms with Gasteiger partial charge in [-0.3, -0.25) is 4.79 Å². The Bertz CT molecular complexity index is 185. The molecule has 1 N–H and O–H groups in total. The highest BCUT2D eigenvalue weighted by molar-refractivity contribution is 5.79. The lowest BCUT2D eigenvalue weighted by molar-refractivity contribution is -0.121. The average molecular weight is 182 g/mol. The zero-order valence-electron chi connectivity index (χ0n) is 8.04. The molecule has 2 nitrogen and oxygen atoms in total. The van der Waals surface area contributed by atoms with Gasteiger partial charge in [0.1, 0.15) is 5.78 Å². The fourth-order valence-electron chi connectivity index (χ4n) is 1.72. The Hall–Kier alpha value is -0.630. The van der Waals surface area contributed by atoms with Gasteiger partial charge in [0.05, 0.1) is 0 Å². The van der Waals surface area contributed by atoms with Crippen LogP contribution >= 0.6 is 0 Å². The van der Waals surface area contributed by atoms with E-state index in [9.17, 15) is 4.79 Å². The lowest BCUT2D eigenvalue weighted by Gasteiger charge is -2.16. The Labute approximate surface area is 79.6 Å². The molecule has 0 amide bonds. The van der Waals surface area contributed by atoms with Gasteiger partial charge in [0.25, 0.3) is 0 Å². The third-order valence-corrected chi connectivity index (χ3v) is 2.46. The second-order valence-electron chi connectivity index (χ2n) is 3.69. The highest BCUT2D eigenvalue weighted by Gasteiger charge is 2.16. The summed E-state index contributed by atoms with van der Waals surface area (Å²) in [5.74, 6) is 0.878. The maximum absolute atomic E-state index is 11.1. The molecule has 1 atom stereocenters. The van der Waals surface area contributed by atoms with Crippen LogP contribution in [0.1, 0.15) is 38.5 Å². The van der Waals surface area contributed by atoms with Crippen LogP contribution in [0, 0.1) is 5.92 Å². The molecule has 1 rings (SSSR count). The molecule has 0 spiro atoms. The summed E-state index contributed by atoms with van der Waals surface area (Å²) in [4.78, 5) is 11.1. The maximum Gasteiger partial charge on any atom is 0.133 e. The standard InChI is InChI=1S/C11H18O2/c12-8-3-1-2-5-10-6-4-7-11(13)9-10/h2,5,10,12H,1,3-4,6-9H2. The van der Waals surface area contributed by atoms with Crippen LogP contribution in [0.2, 0.25) is 0 Å². The Morgan fingerprint density at radius 2 is 2.38 bits per heavy atom. The van der Waals surface area contributed by atoms with E-state index in [1.807, 2.05) is 0 Å². The molecule has 1 fully saturated rings. The van der Waals surface area contributed by atoms with Crippen LogP contribution in [0.25, 0.3) is 0 Å². The molecule has 0 bridgehead atoms. The predicted octanol–water partition coefficient (Wildman–Crippen LogP) is 2.07. The topological polar surface area (TPSA) is 37.3 Å². The summed E-state index contributed by atoms with van der Waals surface area (Å²) < 4.78 is 0. The van der Waals surface area contributed by atoms with Gasteiger partial charge in [0.2, 0.25) is 0 Å². The first-order valence-corrected chi connectivity index (χ1v) is 5.12. The summed E-state index contributed by atoms with van der Waals surface area (Å²) in [6.07, 6.45) is 9.72. The van der Waals surface area contributed by atoms with Crippen LogP contribution in [0.3, 0.4) is 0 Å². The number of allylic oxidation sites excluding steroid dienone is 2. The van der Waals surface area contributed by atoms with Crippen molar-refractivity contribution in [3.05, 3.63) is 12.2 Å². The quantitative estimate of drug-likeness (QED) is 0.534. The number of ketones is 1. The van der Waals surface area contributed by atoms with E-state index in [2.05, 4.69) is 12.2 Å². The Morgan fingerprint density at radius 1 is 1.54 bits per heavy atom. The lowest BCUT2D eigenvalue weighted by atomic mass is 9.88. The van der Waals surface area contributed by atoms with E-state index in [-0.39, 0.29) is 6.61 Å². The van der Waals surface area contributed by atoms with E-state index in [0.29, 0.717) is 11.7 Å². The maximum atomic E-state index is 11.1. The summed E-state index contributed by atoms with van der Waals surface area (Å²) in [5.41, 5.74) is 0. The van der Waals surface area contributed by atoms with E-state index in [1.54, 1.807) is 0 Å². The summed E-state index contributed by atoms with van der Waals surface area (Å²) in [7, 11) is 0. The summed E-state index contributed by atoms with van der Waals surface area (Å²) in [5, 5.41) is 8.56. The van der Waals surface area contributed by atoms with Crippen LogP contribution in [-0.4, -0.2) is 17.5 Å². The van der Waals surface area contributed by atoms with Gasteiger partial charge in [0.15, 0.2) is 0 Å². The molecule has 1 unspecified atom stereocenters. The van der Waals surface area contributed by atoms with E-state index in [1.165, 1.54) is 0 Å². The van der Waals surface area contributed by atoms with Crippen molar-refractivity contribution in [2.75, 3.05) is 6.61 Å². The first-order chi connectivity index (χ1) is 6.33. The molecule has 0 aliphatic heterocycles. The molecule has 1 aliphatic carbocycles. The molecular formula is C11H18O2. The van der Waals surface area contributed by atoms with Crippen molar-refractivity contribution in [2.45, 2.75) is 38.5 Å². The monoisotopic (exact) mass is 182 g/mol. The number of carbonyl (C=O) groups excluding carboxylic acids is 1. The minimum absolute atomic E-state index is 0.258. The highest BCUT2D eigenvalue weighted by atomic mass is 16.2. The molecule has 2 heteroatoms. The van der Waals surface area contributed by atoms with Crippen molar-refractivity contribution in [3.63, 3.8) is 0 Å². The third-order valence-electron chi connectivity index (χ3n) is 2.46. The number of aliphatic hydroxyl groups is 1. The number of hydrogen-bond donors (Lipinski definition) is 1. The van der Waals surface area contributed by atoms with Crippen molar-refractivity contribution < 1.29 is 9.90 Å². The SMILES string of the molecule is O=C1CCCC(C=CCCCO)C1. The molecule has 0 saturated heterocycles. The van der Waals surface area contributed by atoms with E-state index >= 15 is 0 Å². The van der Waals surface area contributed by atoms with Gasteiger partial charge in [-0.15, -0.1) is 0 Å². The number of carbonyl (C=O) groups is 1. The van der Waals surface area contributed by atoms with Crippen molar-refractivity contribution >= 4 is 5.78 Å². The number of rotatable bonds is 4. The van der Waals surface area contributed by atoms with Crippen molar-refractivity contribution in [1.82, 2.24) is 0 Å². The van der Waals surface area contributed by atoms with E-state index in [4.69, 9.17) is 5.11 Å². The van der Waals surface area contributed by atoms with Gasteiger partial charge in [-0.25, -0.2) is 0 Å². The Morgan fingerprint density at radius 3 is 3.08 bits per heavy atom.